The smallest absolute Gasteiger partial charge is 0.0726 e. The van der Waals surface area contributed by atoms with Crippen LogP contribution in [0.4, 0.5) is 11.4 Å². The van der Waals surface area contributed by atoms with E-state index in [4.69, 9.17) is 10.5 Å². The fourth-order valence-corrected chi connectivity index (χ4v) is 7.03. The van der Waals surface area contributed by atoms with Gasteiger partial charge < -0.3 is 20.7 Å². The van der Waals surface area contributed by atoms with Crippen molar-refractivity contribution in [2.45, 2.75) is 64.2 Å². The molecule has 0 amide bonds. The third-order valence-electron chi connectivity index (χ3n) is 7.82. The quantitative estimate of drug-likeness (QED) is 0.846. The zero-order valence-corrected chi connectivity index (χ0v) is 16.9. The summed E-state index contributed by atoms with van der Waals surface area (Å²) < 4.78 is 5.87. The number of nitrogens with zero attached hydrogens (tertiary/aromatic N) is 1. The second-order valence-electron chi connectivity index (χ2n) is 10.1. The third kappa shape index (κ3) is 3.25. The van der Waals surface area contributed by atoms with E-state index in [2.05, 4.69) is 48.3 Å². The lowest BCUT2D eigenvalue weighted by molar-refractivity contribution is -0.0558. The van der Waals surface area contributed by atoms with Crippen molar-refractivity contribution in [2.75, 3.05) is 29.9 Å². The zero-order valence-electron chi connectivity index (χ0n) is 16.9. The highest BCUT2D eigenvalue weighted by atomic mass is 16.5. The minimum Gasteiger partial charge on any atom is -0.382 e. The largest absolute Gasteiger partial charge is 0.382 e. The summed E-state index contributed by atoms with van der Waals surface area (Å²) in [6.07, 6.45) is 7.51. The molecule has 148 valence electrons. The van der Waals surface area contributed by atoms with Crippen LogP contribution in [0.5, 0.6) is 0 Å². The number of ether oxygens (including phenoxy) is 1. The molecule has 27 heavy (non-hydrogen) atoms. The minimum atomic E-state index is 0.300. The maximum Gasteiger partial charge on any atom is 0.0726 e. The first-order valence-corrected chi connectivity index (χ1v) is 11.0. The van der Waals surface area contributed by atoms with Crippen molar-refractivity contribution in [3.8, 4) is 0 Å². The highest BCUT2D eigenvalue weighted by molar-refractivity contribution is 5.56. The highest BCUT2D eigenvalue weighted by Gasteiger charge is 2.54. The lowest BCUT2D eigenvalue weighted by Crippen LogP contribution is -2.57. The summed E-state index contributed by atoms with van der Waals surface area (Å²) in [6, 6.07) is 9.78. The van der Waals surface area contributed by atoms with Gasteiger partial charge in [-0.05, 0) is 99.9 Å². The Balaban J connectivity index is 1.27. The first kappa shape index (κ1) is 17.8. The minimum absolute atomic E-state index is 0.300. The number of anilines is 2. The second-order valence-corrected chi connectivity index (χ2v) is 10.1. The molecular formula is C23H35N3O. The fourth-order valence-electron chi connectivity index (χ4n) is 7.03. The van der Waals surface area contributed by atoms with Gasteiger partial charge in [-0.25, -0.2) is 0 Å². The lowest BCUT2D eigenvalue weighted by Gasteiger charge is -2.60. The molecule has 1 aromatic carbocycles. The summed E-state index contributed by atoms with van der Waals surface area (Å²) in [6.45, 7) is 7.19. The van der Waals surface area contributed by atoms with Crippen molar-refractivity contribution < 1.29 is 4.74 Å². The Labute approximate surface area is 163 Å². The molecule has 4 nitrogen and oxygen atoms in total. The summed E-state index contributed by atoms with van der Waals surface area (Å²) in [5.74, 6) is 2.58. The standard InChI is InChI=1S/C23H35N3O/c1-15-12-26(13-16(2)27-15)21-5-3-20(4-6-21)25-22-18-7-17-8-19(22)11-23(9-17,10-18)14-24/h3-6,15-19,22,25H,7-14,24H2,1-2H3. The van der Waals surface area contributed by atoms with Crippen LogP contribution in [0.25, 0.3) is 0 Å². The molecular weight excluding hydrogens is 334 g/mol. The van der Waals surface area contributed by atoms with Crippen molar-refractivity contribution in [3.05, 3.63) is 24.3 Å². The average molecular weight is 370 g/mol. The van der Waals surface area contributed by atoms with Crippen molar-refractivity contribution in [1.29, 1.82) is 0 Å². The van der Waals surface area contributed by atoms with Crippen molar-refractivity contribution >= 4 is 11.4 Å². The number of benzene rings is 1. The van der Waals surface area contributed by atoms with Gasteiger partial charge in [0, 0.05) is 30.5 Å². The Morgan fingerprint density at radius 3 is 2.26 bits per heavy atom. The van der Waals surface area contributed by atoms with E-state index in [1.807, 2.05) is 0 Å². The monoisotopic (exact) mass is 369 g/mol. The zero-order chi connectivity index (χ0) is 18.6. The van der Waals surface area contributed by atoms with Gasteiger partial charge in [0.2, 0.25) is 0 Å². The van der Waals surface area contributed by atoms with Gasteiger partial charge in [0.25, 0.3) is 0 Å². The van der Waals surface area contributed by atoms with Gasteiger partial charge >= 0.3 is 0 Å². The molecule has 0 radical (unpaired) electrons. The average Bonchev–Trinajstić information content (AvgIpc) is 2.64. The number of nitrogens with one attached hydrogen (secondary N) is 1. The van der Waals surface area contributed by atoms with E-state index in [-0.39, 0.29) is 0 Å². The number of hydrogen-bond acceptors (Lipinski definition) is 4. The van der Waals surface area contributed by atoms with Crippen molar-refractivity contribution in [2.24, 2.45) is 28.9 Å². The second kappa shape index (κ2) is 6.66. The van der Waals surface area contributed by atoms with Crippen LogP contribution < -0.4 is 16.0 Å². The van der Waals surface area contributed by atoms with Crippen LogP contribution in [-0.2, 0) is 4.74 Å². The molecule has 5 fully saturated rings. The Kier molecular flexibility index (Phi) is 4.40. The molecule has 4 atom stereocenters. The Bertz CT molecular complexity index is 649. The number of morpholine rings is 1. The molecule has 1 saturated heterocycles. The summed E-state index contributed by atoms with van der Waals surface area (Å²) >= 11 is 0. The van der Waals surface area contributed by atoms with Gasteiger partial charge in [-0.3, -0.25) is 0 Å². The Morgan fingerprint density at radius 2 is 1.67 bits per heavy atom. The molecule has 1 aromatic rings. The molecule has 1 heterocycles. The third-order valence-corrected chi connectivity index (χ3v) is 7.82. The molecule has 5 aliphatic rings. The molecule has 4 bridgehead atoms. The highest BCUT2D eigenvalue weighted by Crippen LogP contribution is 2.60. The summed E-state index contributed by atoms with van der Waals surface area (Å²) in [4.78, 5) is 2.45. The Hall–Kier alpha value is -1.26. The van der Waals surface area contributed by atoms with Crippen LogP contribution in [0.1, 0.15) is 46.0 Å². The summed E-state index contributed by atoms with van der Waals surface area (Å²) in [5, 5.41) is 3.93. The van der Waals surface area contributed by atoms with Crippen LogP contribution in [0.3, 0.4) is 0 Å². The number of nitrogens with two attached hydrogens (primary N) is 1. The van der Waals surface area contributed by atoms with E-state index in [9.17, 15) is 0 Å². The molecule has 6 rings (SSSR count). The maximum atomic E-state index is 6.20. The molecule has 0 spiro atoms. The lowest BCUT2D eigenvalue weighted by atomic mass is 9.48. The molecule has 4 saturated carbocycles. The van der Waals surface area contributed by atoms with Gasteiger partial charge in [0.1, 0.15) is 0 Å². The first-order chi connectivity index (χ1) is 13.0. The van der Waals surface area contributed by atoms with E-state index in [1.54, 1.807) is 0 Å². The van der Waals surface area contributed by atoms with E-state index in [0.717, 1.165) is 37.4 Å². The molecule has 0 aromatic heterocycles. The predicted octanol–water partition coefficient (Wildman–Crippen LogP) is 3.87. The van der Waals surface area contributed by atoms with Crippen LogP contribution in [0.15, 0.2) is 24.3 Å². The number of rotatable bonds is 4. The molecule has 4 heteroatoms. The molecule has 4 aliphatic carbocycles. The predicted molar refractivity (Wildman–Crippen MR) is 111 cm³/mol. The van der Waals surface area contributed by atoms with Gasteiger partial charge in [0.05, 0.1) is 12.2 Å². The van der Waals surface area contributed by atoms with Crippen LogP contribution in [0, 0.1) is 23.2 Å². The molecule has 4 unspecified atom stereocenters. The normalized spacial score (nSPS) is 43.1. The summed E-state index contributed by atoms with van der Waals surface area (Å²) in [5.41, 5.74) is 9.27. The fraction of sp³-hybridized carbons (Fsp3) is 0.739. The van der Waals surface area contributed by atoms with Gasteiger partial charge in [-0.1, -0.05) is 0 Å². The Morgan fingerprint density at radius 1 is 1.04 bits per heavy atom. The molecule has 3 N–H and O–H groups in total. The summed E-state index contributed by atoms with van der Waals surface area (Å²) in [7, 11) is 0. The van der Waals surface area contributed by atoms with E-state index in [1.165, 1.54) is 43.5 Å². The number of hydrogen-bond donors (Lipinski definition) is 2. The van der Waals surface area contributed by atoms with Crippen LogP contribution >= 0.6 is 0 Å². The van der Waals surface area contributed by atoms with Crippen LogP contribution in [-0.4, -0.2) is 37.9 Å². The first-order valence-electron chi connectivity index (χ1n) is 11.0. The van der Waals surface area contributed by atoms with Crippen molar-refractivity contribution in [1.82, 2.24) is 0 Å². The van der Waals surface area contributed by atoms with Crippen LogP contribution in [0.2, 0.25) is 0 Å². The van der Waals surface area contributed by atoms with Gasteiger partial charge in [-0.2, -0.15) is 0 Å². The SMILES string of the molecule is CC1CN(c2ccc(NC3C4CC5CC3CC(CN)(C5)C4)cc2)CC(C)O1. The van der Waals surface area contributed by atoms with Gasteiger partial charge in [-0.15, -0.1) is 0 Å². The maximum absolute atomic E-state index is 6.20. The topological polar surface area (TPSA) is 50.5 Å². The van der Waals surface area contributed by atoms with E-state index >= 15 is 0 Å². The van der Waals surface area contributed by atoms with E-state index in [0.29, 0.717) is 23.7 Å². The van der Waals surface area contributed by atoms with E-state index < -0.39 is 0 Å². The van der Waals surface area contributed by atoms with Crippen molar-refractivity contribution in [3.63, 3.8) is 0 Å². The van der Waals surface area contributed by atoms with Gasteiger partial charge in [0.15, 0.2) is 0 Å². The molecule has 1 aliphatic heterocycles.